The maximum Gasteiger partial charge on any atom is 0.248 e. The van der Waals surface area contributed by atoms with Gasteiger partial charge in [0.05, 0.1) is 0 Å². The topological polar surface area (TPSA) is 93.5 Å². The standard InChI is InChI=1S/C19H21N3O3/c20-19(24)13-3-1-5-17(11-13)25-16-8-6-14(7-9-16)22-18(23)12-15-4-2-10-21-15/h1,3,5-9,11,15,21H,2,4,10,12H2,(H2,20,24)(H,22,23). The molecule has 0 aliphatic carbocycles. The molecule has 1 heterocycles. The molecule has 1 aliphatic rings. The van der Waals surface area contributed by atoms with Crippen molar-refractivity contribution < 1.29 is 14.3 Å². The van der Waals surface area contributed by atoms with Crippen LogP contribution in [-0.2, 0) is 4.79 Å². The van der Waals surface area contributed by atoms with Crippen molar-refractivity contribution in [2.75, 3.05) is 11.9 Å². The van der Waals surface area contributed by atoms with Crippen LogP contribution < -0.4 is 21.1 Å². The molecule has 2 aromatic rings. The molecule has 0 radical (unpaired) electrons. The number of primary amides is 1. The molecule has 1 unspecified atom stereocenters. The molecule has 6 heteroatoms. The molecule has 4 N–H and O–H groups in total. The van der Waals surface area contributed by atoms with Gasteiger partial charge in [0, 0.05) is 23.7 Å². The van der Waals surface area contributed by atoms with Gasteiger partial charge < -0.3 is 21.1 Å². The van der Waals surface area contributed by atoms with E-state index in [-0.39, 0.29) is 11.9 Å². The average Bonchev–Trinajstić information content (AvgIpc) is 3.10. The predicted octanol–water partition coefficient (Wildman–Crippen LogP) is 2.66. The number of carbonyl (C=O) groups is 2. The molecule has 2 amide bonds. The lowest BCUT2D eigenvalue weighted by Gasteiger charge is -2.11. The first-order valence-electron chi connectivity index (χ1n) is 8.31. The summed E-state index contributed by atoms with van der Waals surface area (Å²) < 4.78 is 5.71. The molecule has 25 heavy (non-hydrogen) atoms. The van der Waals surface area contributed by atoms with Gasteiger partial charge in [-0.2, -0.15) is 0 Å². The Kier molecular flexibility index (Phi) is 5.30. The van der Waals surface area contributed by atoms with Gasteiger partial charge in [0.2, 0.25) is 11.8 Å². The molecule has 1 saturated heterocycles. The molecule has 3 rings (SSSR count). The fourth-order valence-electron chi connectivity index (χ4n) is 2.82. The maximum atomic E-state index is 12.0. The van der Waals surface area contributed by atoms with Crippen molar-refractivity contribution >= 4 is 17.5 Å². The summed E-state index contributed by atoms with van der Waals surface area (Å²) in [5, 5.41) is 6.20. The summed E-state index contributed by atoms with van der Waals surface area (Å²) >= 11 is 0. The van der Waals surface area contributed by atoms with Crippen LogP contribution in [0.4, 0.5) is 5.69 Å². The van der Waals surface area contributed by atoms with Crippen molar-refractivity contribution in [2.24, 2.45) is 5.73 Å². The second-order valence-electron chi connectivity index (χ2n) is 6.06. The fraction of sp³-hybridized carbons (Fsp3) is 0.263. The molecular weight excluding hydrogens is 318 g/mol. The third-order valence-electron chi connectivity index (χ3n) is 4.09. The van der Waals surface area contributed by atoms with Gasteiger partial charge >= 0.3 is 0 Å². The molecule has 0 aromatic heterocycles. The minimum Gasteiger partial charge on any atom is -0.457 e. The molecule has 0 bridgehead atoms. The van der Waals surface area contributed by atoms with Gasteiger partial charge in [0.15, 0.2) is 0 Å². The Labute approximate surface area is 146 Å². The van der Waals surface area contributed by atoms with Crippen LogP contribution in [0.25, 0.3) is 0 Å². The number of anilines is 1. The second-order valence-corrected chi connectivity index (χ2v) is 6.06. The third kappa shape index (κ3) is 4.81. The van der Waals surface area contributed by atoms with Crippen molar-refractivity contribution in [1.82, 2.24) is 5.32 Å². The summed E-state index contributed by atoms with van der Waals surface area (Å²) in [4.78, 5) is 23.2. The fourth-order valence-corrected chi connectivity index (χ4v) is 2.82. The first-order chi connectivity index (χ1) is 12.1. The zero-order valence-electron chi connectivity index (χ0n) is 13.8. The molecule has 1 atom stereocenters. The Bertz CT molecular complexity index is 753. The molecule has 1 aliphatic heterocycles. The number of hydrogen-bond donors (Lipinski definition) is 3. The molecule has 2 aromatic carbocycles. The van der Waals surface area contributed by atoms with Crippen LogP contribution in [0, 0.1) is 0 Å². The highest BCUT2D eigenvalue weighted by molar-refractivity contribution is 5.93. The van der Waals surface area contributed by atoms with E-state index in [9.17, 15) is 9.59 Å². The van der Waals surface area contributed by atoms with Gasteiger partial charge in [-0.1, -0.05) is 6.07 Å². The van der Waals surface area contributed by atoms with E-state index in [1.165, 1.54) is 0 Å². The van der Waals surface area contributed by atoms with Gasteiger partial charge in [-0.25, -0.2) is 0 Å². The zero-order chi connectivity index (χ0) is 17.6. The third-order valence-corrected chi connectivity index (χ3v) is 4.09. The highest BCUT2D eigenvalue weighted by Gasteiger charge is 2.17. The van der Waals surface area contributed by atoms with E-state index in [2.05, 4.69) is 10.6 Å². The van der Waals surface area contributed by atoms with Crippen molar-refractivity contribution in [1.29, 1.82) is 0 Å². The van der Waals surface area contributed by atoms with Crippen molar-refractivity contribution in [2.45, 2.75) is 25.3 Å². The Morgan fingerprint density at radius 2 is 1.96 bits per heavy atom. The predicted molar refractivity (Wildman–Crippen MR) is 95.7 cm³/mol. The Morgan fingerprint density at radius 3 is 2.64 bits per heavy atom. The monoisotopic (exact) mass is 339 g/mol. The molecule has 130 valence electrons. The van der Waals surface area contributed by atoms with Crippen LogP contribution in [0.3, 0.4) is 0 Å². The first-order valence-corrected chi connectivity index (χ1v) is 8.31. The van der Waals surface area contributed by atoms with Gasteiger partial charge in [-0.05, 0) is 61.9 Å². The van der Waals surface area contributed by atoms with Gasteiger partial charge in [-0.15, -0.1) is 0 Å². The largest absolute Gasteiger partial charge is 0.457 e. The number of nitrogens with one attached hydrogen (secondary N) is 2. The lowest BCUT2D eigenvalue weighted by Crippen LogP contribution is -2.27. The van der Waals surface area contributed by atoms with Gasteiger partial charge in [-0.3, -0.25) is 9.59 Å². The van der Waals surface area contributed by atoms with Gasteiger partial charge in [0.25, 0.3) is 0 Å². The lowest BCUT2D eigenvalue weighted by molar-refractivity contribution is -0.116. The SMILES string of the molecule is NC(=O)c1cccc(Oc2ccc(NC(=O)CC3CCCN3)cc2)c1. The molecule has 6 nitrogen and oxygen atoms in total. The van der Waals surface area contributed by atoms with E-state index in [1.54, 1.807) is 48.5 Å². The van der Waals surface area contributed by atoms with Crippen LogP contribution in [0.5, 0.6) is 11.5 Å². The van der Waals surface area contributed by atoms with Crippen molar-refractivity contribution in [3.63, 3.8) is 0 Å². The number of rotatable bonds is 6. The maximum absolute atomic E-state index is 12.0. The zero-order valence-corrected chi connectivity index (χ0v) is 13.8. The van der Waals surface area contributed by atoms with Crippen LogP contribution in [0.1, 0.15) is 29.6 Å². The second kappa shape index (κ2) is 7.81. The van der Waals surface area contributed by atoms with E-state index in [0.29, 0.717) is 23.5 Å². The van der Waals surface area contributed by atoms with Crippen LogP contribution in [0.2, 0.25) is 0 Å². The number of ether oxygens (including phenoxy) is 1. The summed E-state index contributed by atoms with van der Waals surface area (Å²) in [7, 11) is 0. The Balaban J connectivity index is 1.57. The van der Waals surface area contributed by atoms with Crippen LogP contribution in [0.15, 0.2) is 48.5 Å². The Hall–Kier alpha value is -2.86. The number of carbonyl (C=O) groups excluding carboxylic acids is 2. The molecule has 0 saturated carbocycles. The normalized spacial score (nSPS) is 16.4. The van der Waals surface area contributed by atoms with Crippen molar-refractivity contribution in [3.05, 3.63) is 54.1 Å². The molecule has 1 fully saturated rings. The summed E-state index contributed by atoms with van der Waals surface area (Å²) in [5.74, 6) is 0.639. The van der Waals surface area contributed by atoms with Gasteiger partial charge in [0.1, 0.15) is 11.5 Å². The average molecular weight is 339 g/mol. The summed E-state index contributed by atoms with van der Waals surface area (Å²) in [5.41, 5.74) is 6.38. The smallest absolute Gasteiger partial charge is 0.248 e. The summed E-state index contributed by atoms with van der Waals surface area (Å²) in [6.45, 7) is 0.987. The summed E-state index contributed by atoms with van der Waals surface area (Å²) in [6, 6.07) is 14.1. The van der Waals surface area contributed by atoms with Crippen LogP contribution >= 0.6 is 0 Å². The minimum absolute atomic E-state index is 0.00206. The number of benzene rings is 2. The lowest BCUT2D eigenvalue weighted by atomic mass is 10.1. The van der Waals surface area contributed by atoms with Crippen LogP contribution in [-0.4, -0.2) is 24.4 Å². The minimum atomic E-state index is -0.500. The van der Waals surface area contributed by atoms with E-state index in [0.717, 1.165) is 25.1 Å². The Morgan fingerprint density at radius 1 is 1.16 bits per heavy atom. The van der Waals surface area contributed by atoms with E-state index >= 15 is 0 Å². The van der Waals surface area contributed by atoms with E-state index in [1.807, 2.05) is 0 Å². The molecular formula is C19H21N3O3. The number of hydrogen-bond acceptors (Lipinski definition) is 4. The number of nitrogens with two attached hydrogens (primary N) is 1. The first kappa shape index (κ1) is 17.0. The van der Waals surface area contributed by atoms with Crippen molar-refractivity contribution in [3.8, 4) is 11.5 Å². The number of amides is 2. The quantitative estimate of drug-likeness (QED) is 0.754. The molecule has 0 spiro atoms. The van der Waals surface area contributed by atoms with E-state index < -0.39 is 5.91 Å². The highest BCUT2D eigenvalue weighted by atomic mass is 16.5. The highest BCUT2D eigenvalue weighted by Crippen LogP contribution is 2.24. The van der Waals surface area contributed by atoms with E-state index in [4.69, 9.17) is 10.5 Å². The summed E-state index contributed by atoms with van der Waals surface area (Å²) in [6.07, 6.45) is 2.66.